The molecule has 2 fully saturated rings. The minimum absolute atomic E-state index is 0.329. The second-order valence-corrected chi connectivity index (χ2v) is 8.17. The first-order valence-corrected chi connectivity index (χ1v) is 10.8. The summed E-state index contributed by atoms with van der Waals surface area (Å²) >= 11 is 5.87. The molecule has 2 aromatic carbocycles. The van der Waals surface area contributed by atoms with Crippen LogP contribution in [0.5, 0.6) is 0 Å². The summed E-state index contributed by atoms with van der Waals surface area (Å²) in [6.07, 6.45) is 4.27. The minimum Gasteiger partial charge on any atom is -0.317 e. The van der Waals surface area contributed by atoms with Crippen molar-refractivity contribution < 1.29 is 4.39 Å². The highest BCUT2D eigenvalue weighted by atomic mass is 35.5. The predicted molar refractivity (Wildman–Crippen MR) is 117 cm³/mol. The molecule has 0 atom stereocenters. The van der Waals surface area contributed by atoms with Gasteiger partial charge in [-0.1, -0.05) is 23.7 Å². The van der Waals surface area contributed by atoms with Crippen molar-refractivity contribution in [1.29, 1.82) is 10.5 Å². The smallest absolute Gasteiger partial charge is 0.124 e. The van der Waals surface area contributed by atoms with Crippen molar-refractivity contribution in [3.63, 3.8) is 0 Å². The first kappa shape index (κ1) is 22.2. The third-order valence-electron chi connectivity index (χ3n) is 5.83. The van der Waals surface area contributed by atoms with Crippen molar-refractivity contribution >= 4 is 11.6 Å². The number of nitrogens with zero attached hydrogens (tertiary/aromatic N) is 2. The summed E-state index contributed by atoms with van der Waals surface area (Å²) < 4.78 is 12.9. The van der Waals surface area contributed by atoms with Crippen LogP contribution in [0.25, 0.3) is 0 Å². The van der Waals surface area contributed by atoms with E-state index in [9.17, 15) is 4.39 Å². The van der Waals surface area contributed by atoms with Crippen LogP contribution in [-0.2, 0) is 0 Å². The van der Waals surface area contributed by atoms with Crippen LogP contribution in [-0.4, -0.2) is 26.2 Å². The molecular weight excluding hydrogens is 399 g/mol. The van der Waals surface area contributed by atoms with Crippen LogP contribution in [0.15, 0.2) is 36.4 Å². The van der Waals surface area contributed by atoms with Crippen LogP contribution < -0.4 is 10.6 Å². The Kier molecular flexibility index (Phi) is 8.22. The number of hydrogen-bond donors (Lipinski definition) is 2. The van der Waals surface area contributed by atoms with Crippen LogP contribution >= 0.6 is 11.6 Å². The largest absolute Gasteiger partial charge is 0.317 e. The van der Waals surface area contributed by atoms with E-state index in [1.54, 1.807) is 12.1 Å². The van der Waals surface area contributed by atoms with E-state index in [0.717, 1.165) is 68.6 Å². The van der Waals surface area contributed by atoms with Crippen molar-refractivity contribution in [2.45, 2.75) is 37.5 Å². The van der Waals surface area contributed by atoms with Gasteiger partial charge in [0, 0.05) is 5.02 Å². The molecule has 30 heavy (non-hydrogen) atoms. The highest BCUT2D eigenvalue weighted by Gasteiger charge is 2.19. The van der Waals surface area contributed by atoms with E-state index in [1.165, 1.54) is 12.1 Å². The van der Waals surface area contributed by atoms with E-state index in [1.807, 2.05) is 12.1 Å². The van der Waals surface area contributed by atoms with Crippen LogP contribution in [0.2, 0.25) is 5.02 Å². The van der Waals surface area contributed by atoms with Gasteiger partial charge in [-0.15, -0.1) is 0 Å². The Hall–Kier alpha value is -2.44. The second-order valence-electron chi connectivity index (χ2n) is 7.74. The molecule has 0 amide bonds. The highest BCUT2D eigenvalue weighted by molar-refractivity contribution is 6.30. The average molecular weight is 425 g/mol. The van der Waals surface area contributed by atoms with Crippen molar-refractivity contribution in [2.24, 2.45) is 0 Å². The summed E-state index contributed by atoms with van der Waals surface area (Å²) in [6, 6.07) is 14.5. The summed E-state index contributed by atoms with van der Waals surface area (Å²) in [4.78, 5) is 0. The first-order chi connectivity index (χ1) is 14.6. The third-order valence-corrected chi connectivity index (χ3v) is 6.06. The van der Waals surface area contributed by atoms with Crippen molar-refractivity contribution in [3.05, 3.63) is 69.5 Å². The molecular formula is C24H26ClFN4. The standard InChI is InChI=1S/C12H13ClN2.C12H13FN2/c2*13-11-1-2-12(10(7-11)8-14)9-3-5-15-6-4-9/h2*1-2,7,9,15H,3-6H2. The zero-order valence-corrected chi connectivity index (χ0v) is 17.7. The number of halogens is 2. The Bertz CT molecular complexity index is 858. The topological polar surface area (TPSA) is 71.6 Å². The Morgan fingerprint density at radius 2 is 1.23 bits per heavy atom. The normalized spacial score (nSPS) is 17.3. The zero-order chi connectivity index (χ0) is 21.3. The van der Waals surface area contributed by atoms with Crippen LogP contribution in [0, 0.1) is 28.5 Å². The van der Waals surface area contributed by atoms with Crippen LogP contribution in [0.3, 0.4) is 0 Å². The minimum atomic E-state index is -0.329. The molecule has 2 heterocycles. The lowest BCUT2D eigenvalue weighted by molar-refractivity contribution is 0.459. The fraction of sp³-hybridized carbons (Fsp3) is 0.417. The number of rotatable bonds is 2. The summed E-state index contributed by atoms with van der Waals surface area (Å²) in [5.41, 5.74) is 3.38. The van der Waals surface area contributed by atoms with Gasteiger partial charge in [-0.05, 0) is 99.1 Å². The molecule has 156 valence electrons. The van der Waals surface area contributed by atoms with E-state index >= 15 is 0 Å². The molecule has 4 rings (SSSR count). The van der Waals surface area contributed by atoms with Gasteiger partial charge >= 0.3 is 0 Å². The molecule has 0 spiro atoms. The molecule has 0 bridgehead atoms. The van der Waals surface area contributed by atoms with E-state index in [-0.39, 0.29) is 5.82 Å². The van der Waals surface area contributed by atoms with Gasteiger partial charge in [0.25, 0.3) is 0 Å². The van der Waals surface area contributed by atoms with Crippen molar-refractivity contribution in [1.82, 2.24) is 10.6 Å². The summed E-state index contributed by atoms with van der Waals surface area (Å²) in [5.74, 6) is 0.587. The lowest BCUT2D eigenvalue weighted by atomic mass is 9.87. The molecule has 2 saturated heterocycles. The van der Waals surface area contributed by atoms with Crippen LogP contribution in [0.1, 0.15) is 59.8 Å². The second kappa shape index (κ2) is 11.1. The Morgan fingerprint density at radius 3 is 1.73 bits per heavy atom. The summed E-state index contributed by atoms with van der Waals surface area (Å²) in [6.45, 7) is 4.04. The maximum Gasteiger partial charge on any atom is 0.124 e. The predicted octanol–water partition coefficient (Wildman–Crippen LogP) is 4.84. The SMILES string of the molecule is N#Cc1cc(Cl)ccc1C1CCNCC1.N#Cc1cc(F)ccc1C1CCNCC1. The first-order valence-electron chi connectivity index (χ1n) is 10.4. The molecule has 2 aliphatic rings. The van der Waals surface area contributed by atoms with Crippen molar-refractivity contribution in [3.8, 4) is 12.1 Å². The molecule has 2 N–H and O–H groups in total. The molecule has 0 aromatic heterocycles. The quantitative estimate of drug-likeness (QED) is 0.723. The van der Waals surface area contributed by atoms with E-state index < -0.39 is 0 Å². The van der Waals surface area contributed by atoms with Crippen molar-refractivity contribution in [2.75, 3.05) is 26.2 Å². The fourth-order valence-corrected chi connectivity index (χ4v) is 4.40. The summed E-state index contributed by atoms with van der Waals surface area (Å²) in [5, 5.41) is 25.2. The molecule has 2 aliphatic heterocycles. The van der Waals surface area contributed by atoms with E-state index in [0.29, 0.717) is 22.4 Å². The van der Waals surface area contributed by atoms with Gasteiger partial charge in [0.15, 0.2) is 0 Å². The number of nitrogens with one attached hydrogen (secondary N) is 2. The zero-order valence-electron chi connectivity index (χ0n) is 16.9. The molecule has 0 radical (unpaired) electrons. The lowest BCUT2D eigenvalue weighted by Crippen LogP contribution is -2.27. The number of piperidine rings is 2. The lowest BCUT2D eigenvalue weighted by Gasteiger charge is -2.23. The third kappa shape index (κ3) is 5.80. The summed E-state index contributed by atoms with van der Waals surface area (Å²) in [7, 11) is 0. The highest BCUT2D eigenvalue weighted by Crippen LogP contribution is 2.29. The van der Waals surface area contributed by atoms with E-state index in [4.69, 9.17) is 22.1 Å². The molecule has 4 nitrogen and oxygen atoms in total. The average Bonchev–Trinajstić information content (AvgIpc) is 2.80. The van der Waals surface area contributed by atoms with Gasteiger partial charge in [-0.3, -0.25) is 0 Å². The Balaban J connectivity index is 0.000000171. The van der Waals surface area contributed by atoms with Gasteiger partial charge in [0.05, 0.1) is 23.3 Å². The Morgan fingerprint density at radius 1 is 0.767 bits per heavy atom. The number of benzene rings is 2. The molecule has 6 heteroatoms. The van der Waals surface area contributed by atoms with Gasteiger partial charge in [0.1, 0.15) is 5.82 Å². The maximum atomic E-state index is 12.9. The van der Waals surface area contributed by atoms with Crippen LogP contribution in [0.4, 0.5) is 4.39 Å². The fourth-order valence-electron chi connectivity index (χ4n) is 4.23. The number of hydrogen-bond acceptors (Lipinski definition) is 4. The Labute approximate surface area is 182 Å². The van der Waals surface area contributed by atoms with Gasteiger partial charge in [-0.25, -0.2) is 4.39 Å². The molecule has 0 saturated carbocycles. The monoisotopic (exact) mass is 424 g/mol. The number of nitriles is 2. The van der Waals surface area contributed by atoms with Gasteiger partial charge in [-0.2, -0.15) is 10.5 Å². The van der Waals surface area contributed by atoms with E-state index in [2.05, 4.69) is 22.8 Å². The van der Waals surface area contributed by atoms with Gasteiger partial charge < -0.3 is 10.6 Å². The maximum absolute atomic E-state index is 12.9. The molecule has 0 unspecified atom stereocenters. The molecule has 2 aromatic rings. The van der Waals surface area contributed by atoms with Gasteiger partial charge in [0.2, 0.25) is 0 Å². The molecule has 0 aliphatic carbocycles.